The molecule has 0 aliphatic heterocycles. The van der Waals surface area contributed by atoms with E-state index in [0.29, 0.717) is 0 Å². The van der Waals surface area contributed by atoms with E-state index in [9.17, 15) is 0 Å². The van der Waals surface area contributed by atoms with Crippen molar-refractivity contribution < 1.29 is 4.74 Å². The molecule has 16 heavy (non-hydrogen) atoms. The van der Waals surface area contributed by atoms with E-state index in [1.54, 1.807) is 11.8 Å². The topological polar surface area (TPSA) is 35.2 Å². The summed E-state index contributed by atoms with van der Waals surface area (Å²) in [5, 5.41) is 0. The lowest BCUT2D eigenvalue weighted by Gasteiger charge is -2.19. The van der Waals surface area contributed by atoms with E-state index in [4.69, 9.17) is 10.5 Å². The Hall–Kier alpha value is -0.670. The Morgan fingerprint density at radius 3 is 2.56 bits per heavy atom. The van der Waals surface area contributed by atoms with Crippen LogP contribution in [0.2, 0.25) is 0 Å². The molecule has 0 aromatic heterocycles. The number of benzene rings is 1. The van der Waals surface area contributed by atoms with Crippen molar-refractivity contribution >= 4 is 17.4 Å². The summed E-state index contributed by atoms with van der Waals surface area (Å²) in [5.41, 5.74) is 7.72. The predicted octanol–water partition coefficient (Wildman–Crippen LogP) is 3.48. The van der Waals surface area contributed by atoms with Crippen molar-refractivity contribution in [3.8, 4) is 0 Å². The van der Waals surface area contributed by atoms with E-state index in [1.807, 2.05) is 13.0 Å². The summed E-state index contributed by atoms with van der Waals surface area (Å²) in [4.78, 5) is 1.25. The van der Waals surface area contributed by atoms with E-state index in [-0.39, 0.29) is 5.60 Å². The molecule has 0 radical (unpaired) electrons. The van der Waals surface area contributed by atoms with Gasteiger partial charge in [-0.1, -0.05) is 0 Å². The Balaban J connectivity index is 2.35. The summed E-state index contributed by atoms with van der Waals surface area (Å²) in [6.07, 6.45) is 0. The lowest BCUT2D eigenvalue weighted by atomic mass is 10.2. The van der Waals surface area contributed by atoms with Crippen LogP contribution in [0.3, 0.4) is 0 Å². The van der Waals surface area contributed by atoms with Crippen LogP contribution < -0.4 is 5.73 Å². The van der Waals surface area contributed by atoms with Gasteiger partial charge in [0.2, 0.25) is 0 Å². The SMILES string of the molecule is Cc1cc(SCCOC(C)(C)C)ccc1N. The standard InChI is InChI=1S/C13H21NOS/c1-10-9-11(5-6-12(10)14)16-8-7-15-13(2,3)4/h5-6,9H,7-8,14H2,1-4H3. The van der Waals surface area contributed by atoms with Gasteiger partial charge in [0.15, 0.2) is 0 Å². The Kier molecular flexibility index (Phi) is 4.69. The molecule has 0 spiro atoms. The molecule has 0 aliphatic carbocycles. The highest BCUT2D eigenvalue weighted by Gasteiger charge is 2.09. The normalized spacial score (nSPS) is 11.8. The maximum Gasteiger partial charge on any atom is 0.0598 e. The molecule has 1 aromatic carbocycles. The van der Waals surface area contributed by atoms with Crippen molar-refractivity contribution in [1.82, 2.24) is 0 Å². The van der Waals surface area contributed by atoms with Crippen LogP contribution >= 0.6 is 11.8 Å². The third-order valence-electron chi connectivity index (χ3n) is 2.13. The summed E-state index contributed by atoms with van der Waals surface area (Å²) in [5.74, 6) is 0.973. The second kappa shape index (κ2) is 5.60. The van der Waals surface area contributed by atoms with Crippen LogP contribution in [0.15, 0.2) is 23.1 Å². The highest BCUT2D eigenvalue weighted by molar-refractivity contribution is 7.99. The molecule has 3 heteroatoms. The first-order chi connectivity index (χ1) is 7.38. The second-order valence-electron chi connectivity index (χ2n) is 4.83. The fourth-order valence-corrected chi connectivity index (χ4v) is 2.07. The third kappa shape index (κ3) is 4.90. The average molecular weight is 239 g/mol. The zero-order valence-electron chi connectivity index (χ0n) is 10.5. The quantitative estimate of drug-likeness (QED) is 0.496. The van der Waals surface area contributed by atoms with Crippen molar-refractivity contribution in [3.05, 3.63) is 23.8 Å². The molecule has 0 saturated carbocycles. The highest BCUT2D eigenvalue weighted by Crippen LogP contribution is 2.22. The number of nitrogens with two attached hydrogens (primary N) is 1. The van der Waals surface area contributed by atoms with Crippen LogP contribution in [-0.4, -0.2) is 18.0 Å². The van der Waals surface area contributed by atoms with Crippen LogP contribution in [0.25, 0.3) is 0 Å². The van der Waals surface area contributed by atoms with Gasteiger partial charge in [0.25, 0.3) is 0 Å². The Morgan fingerprint density at radius 1 is 1.31 bits per heavy atom. The molecule has 0 fully saturated rings. The number of anilines is 1. The van der Waals surface area contributed by atoms with Crippen LogP contribution in [-0.2, 0) is 4.74 Å². The molecule has 0 atom stereocenters. The number of nitrogen functional groups attached to an aromatic ring is 1. The molecule has 0 bridgehead atoms. The number of hydrogen-bond acceptors (Lipinski definition) is 3. The van der Waals surface area contributed by atoms with Gasteiger partial charge in [0.05, 0.1) is 12.2 Å². The predicted molar refractivity (Wildman–Crippen MR) is 72.0 cm³/mol. The minimum absolute atomic E-state index is 0.0441. The summed E-state index contributed by atoms with van der Waals surface area (Å²) < 4.78 is 5.66. The van der Waals surface area contributed by atoms with Crippen molar-refractivity contribution in [3.63, 3.8) is 0 Å². The van der Waals surface area contributed by atoms with E-state index >= 15 is 0 Å². The summed E-state index contributed by atoms with van der Waals surface area (Å²) in [6.45, 7) is 9.03. The van der Waals surface area contributed by atoms with Gasteiger partial charge in [-0.25, -0.2) is 0 Å². The maximum atomic E-state index is 5.77. The summed E-state index contributed by atoms with van der Waals surface area (Å²) >= 11 is 1.80. The molecule has 1 aromatic rings. The Morgan fingerprint density at radius 2 is 2.00 bits per heavy atom. The molecule has 0 amide bonds. The molecule has 2 N–H and O–H groups in total. The van der Waals surface area contributed by atoms with Gasteiger partial charge in [-0.15, -0.1) is 11.8 Å². The van der Waals surface area contributed by atoms with Crippen LogP contribution in [0.5, 0.6) is 0 Å². The van der Waals surface area contributed by atoms with E-state index in [1.165, 1.54) is 4.90 Å². The fraction of sp³-hybridized carbons (Fsp3) is 0.538. The average Bonchev–Trinajstić information content (AvgIpc) is 2.17. The van der Waals surface area contributed by atoms with Gasteiger partial charge in [-0.05, 0) is 51.5 Å². The first kappa shape index (κ1) is 13.4. The van der Waals surface area contributed by atoms with E-state index < -0.39 is 0 Å². The van der Waals surface area contributed by atoms with Crippen LogP contribution in [0, 0.1) is 6.92 Å². The molecule has 1 rings (SSSR count). The maximum absolute atomic E-state index is 5.77. The number of rotatable bonds is 4. The third-order valence-corrected chi connectivity index (χ3v) is 3.09. The lowest BCUT2D eigenvalue weighted by Crippen LogP contribution is -2.20. The minimum Gasteiger partial charge on any atom is -0.399 e. The van der Waals surface area contributed by atoms with Gasteiger partial charge in [0.1, 0.15) is 0 Å². The van der Waals surface area contributed by atoms with Gasteiger partial charge in [-0.2, -0.15) is 0 Å². The Labute approximate surface area is 103 Å². The largest absolute Gasteiger partial charge is 0.399 e. The molecule has 0 saturated heterocycles. The molecular formula is C13H21NOS. The van der Waals surface area contributed by atoms with Crippen molar-refractivity contribution in [2.24, 2.45) is 0 Å². The zero-order chi connectivity index (χ0) is 12.2. The lowest BCUT2D eigenvalue weighted by molar-refractivity contribution is 0.00695. The van der Waals surface area contributed by atoms with E-state index in [0.717, 1.165) is 23.6 Å². The molecule has 2 nitrogen and oxygen atoms in total. The van der Waals surface area contributed by atoms with E-state index in [2.05, 4.69) is 32.9 Å². The fourth-order valence-electron chi connectivity index (χ4n) is 1.25. The molecule has 0 unspecified atom stereocenters. The van der Waals surface area contributed by atoms with Crippen molar-refractivity contribution in [1.29, 1.82) is 0 Å². The molecular weight excluding hydrogens is 218 g/mol. The van der Waals surface area contributed by atoms with Gasteiger partial charge >= 0.3 is 0 Å². The Bertz CT molecular complexity index is 344. The number of thioether (sulfide) groups is 1. The summed E-state index contributed by atoms with van der Waals surface area (Å²) in [6, 6.07) is 6.14. The second-order valence-corrected chi connectivity index (χ2v) is 6.00. The van der Waals surface area contributed by atoms with Gasteiger partial charge in [-0.3, -0.25) is 0 Å². The molecule has 0 heterocycles. The number of aryl methyl sites for hydroxylation is 1. The first-order valence-electron chi connectivity index (χ1n) is 5.51. The minimum atomic E-state index is -0.0441. The molecule has 0 aliphatic rings. The number of hydrogen-bond donors (Lipinski definition) is 1. The zero-order valence-corrected chi connectivity index (χ0v) is 11.4. The van der Waals surface area contributed by atoms with Crippen LogP contribution in [0.4, 0.5) is 5.69 Å². The van der Waals surface area contributed by atoms with Crippen LogP contribution in [0.1, 0.15) is 26.3 Å². The van der Waals surface area contributed by atoms with Crippen molar-refractivity contribution in [2.75, 3.05) is 18.1 Å². The highest BCUT2D eigenvalue weighted by atomic mass is 32.2. The van der Waals surface area contributed by atoms with Gasteiger partial charge < -0.3 is 10.5 Å². The van der Waals surface area contributed by atoms with Gasteiger partial charge in [0, 0.05) is 16.3 Å². The van der Waals surface area contributed by atoms with Crippen molar-refractivity contribution in [2.45, 2.75) is 38.2 Å². The first-order valence-corrected chi connectivity index (χ1v) is 6.50. The smallest absolute Gasteiger partial charge is 0.0598 e. The monoisotopic (exact) mass is 239 g/mol. The summed E-state index contributed by atoms with van der Waals surface area (Å²) in [7, 11) is 0. The molecule has 90 valence electrons. The number of ether oxygens (including phenoxy) is 1.